The monoisotopic (exact) mass is 391 g/mol. The molecule has 0 atom stereocenters. The maximum absolute atomic E-state index is 13.1. The largest absolute Gasteiger partial charge is 0.455 e. The van der Waals surface area contributed by atoms with Gasteiger partial charge in [-0.2, -0.15) is 18.2 Å². The molecule has 0 aliphatic carbocycles. The minimum atomic E-state index is -4.69. The second kappa shape index (κ2) is 6.79. The van der Waals surface area contributed by atoms with Crippen molar-refractivity contribution in [1.82, 2.24) is 30.1 Å². The molecule has 4 rings (SSSR count). The molecular weight excluding hydrogens is 382 g/mol. The van der Waals surface area contributed by atoms with Crippen LogP contribution in [0.5, 0.6) is 0 Å². The number of anilines is 1. The molecule has 8 nitrogen and oxygen atoms in total. The van der Waals surface area contributed by atoms with Crippen LogP contribution in [-0.4, -0.2) is 30.1 Å². The van der Waals surface area contributed by atoms with Crippen molar-refractivity contribution >= 4 is 16.9 Å². The maximum atomic E-state index is 13.1. The number of hydrogen-bond donors (Lipinski definition) is 1. The van der Waals surface area contributed by atoms with E-state index in [-0.39, 0.29) is 12.4 Å². The molecular formula is C16H9F4N7O. The molecule has 0 fully saturated rings. The molecule has 0 amide bonds. The highest BCUT2D eigenvalue weighted by atomic mass is 19.4. The maximum Gasteiger partial charge on any atom is 0.455 e. The van der Waals surface area contributed by atoms with Gasteiger partial charge in [0, 0.05) is 11.8 Å². The molecule has 0 bridgehead atoms. The predicted molar refractivity (Wildman–Crippen MR) is 87.1 cm³/mol. The quantitative estimate of drug-likeness (QED) is 0.529. The zero-order valence-corrected chi connectivity index (χ0v) is 13.8. The van der Waals surface area contributed by atoms with Gasteiger partial charge in [-0.3, -0.25) is 4.98 Å². The first kappa shape index (κ1) is 17.7. The van der Waals surface area contributed by atoms with Gasteiger partial charge in [0.05, 0.1) is 23.8 Å². The fraction of sp³-hybridized carbons (Fsp3) is 0.125. The van der Waals surface area contributed by atoms with Crippen molar-refractivity contribution < 1.29 is 22.1 Å². The van der Waals surface area contributed by atoms with E-state index in [0.717, 1.165) is 6.20 Å². The number of hydrogen-bond acceptors (Lipinski definition) is 8. The topological polar surface area (TPSA) is 103 Å². The summed E-state index contributed by atoms with van der Waals surface area (Å²) in [7, 11) is 0. The summed E-state index contributed by atoms with van der Waals surface area (Å²) in [6, 6.07) is 4.44. The van der Waals surface area contributed by atoms with E-state index in [9.17, 15) is 17.6 Å². The lowest BCUT2D eigenvalue weighted by atomic mass is 10.1. The smallest absolute Gasteiger partial charge is 0.360 e. The summed E-state index contributed by atoms with van der Waals surface area (Å²) in [4.78, 5) is 19.6. The summed E-state index contributed by atoms with van der Waals surface area (Å²) >= 11 is 0. The molecule has 0 aromatic carbocycles. The number of fused-ring (bicyclic) bond motifs is 1. The van der Waals surface area contributed by atoms with E-state index < -0.39 is 17.8 Å². The second-order valence-corrected chi connectivity index (χ2v) is 5.54. The number of aromatic nitrogens is 6. The van der Waals surface area contributed by atoms with E-state index in [1.165, 1.54) is 24.7 Å². The average Bonchev–Trinajstić information content (AvgIpc) is 3.16. The van der Waals surface area contributed by atoms with Crippen LogP contribution in [0.15, 0.2) is 41.4 Å². The first-order valence-electron chi connectivity index (χ1n) is 7.76. The lowest BCUT2D eigenvalue weighted by molar-refractivity contribution is -0.146. The molecule has 28 heavy (non-hydrogen) atoms. The Morgan fingerprint density at radius 3 is 2.61 bits per heavy atom. The molecule has 0 saturated heterocycles. The van der Waals surface area contributed by atoms with E-state index in [0.29, 0.717) is 28.1 Å². The minimum absolute atomic E-state index is 0.186. The van der Waals surface area contributed by atoms with Gasteiger partial charge in [-0.25, -0.2) is 19.3 Å². The lowest BCUT2D eigenvalue weighted by Crippen LogP contribution is -2.08. The van der Waals surface area contributed by atoms with Crippen LogP contribution in [0.4, 0.5) is 23.4 Å². The Morgan fingerprint density at radius 1 is 1.04 bits per heavy atom. The van der Waals surface area contributed by atoms with Gasteiger partial charge in [0.15, 0.2) is 5.65 Å². The van der Waals surface area contributed by atoms with Gasteiger partial charge >= 0.3 is 6.18 Å². The Morgan fingerprint density at radius 2 is 1.89 bits per heavy atom. The number of rotatable bonds is 4. The summed E-state index contributed by atoms with van der Waals surface area (Å²) in [5, 5.41) is 6.20. The Balaban J connectivity index is 1.62. The second-order valence-electron chi connectivity index (χ2n) is 5.54. The van der Waals surface area contributed by atoms with Crippen molar-refractivity contribution in [2.75, 3.05) is 5.32 Å². The van der Waals surface area contributed by atoms with Gasteiger partial charge in [0.25, 0.3) is 5.82 Å². The SMILES string of the molecule is Fc1ccc(-c2cnc3ncnc(NCc4nc(C(F)(F)F)no4)c3c2)nc1. The summed E-state index contributed by atoms with van der Waals surface area (Å²) in [6.07, 6.45) is -0.840. The highest BCUT2D eigenvalue weighted by Gasteiger charge is 2.37. The molecule has 0 unspecified atom stereocenters. The fourth-order valence-corrected chi connectivity index (χ4v) is 2.37. The van der Waals surface area contributed by atoms with Crippen LogP contribution in [0.1, 0.15) is 11.7 Å². The van der Waals surface area contributed by atoms with Gasteiger partial charge in [0.2, 0.25) is 5.89 Å². The molecule has 1 N–H and O–H groups in total. The van der Waals surface area contributed by atoms with E-state index >= 15 is 0 Å². The molecule has 0 saturated carbocycles. The van der Waals surface area contributed by atoms with Gasteiger partial charge in [-0.1, -0.05) is 5.16 Å². The summed E-state index contributed by atoms with van der Waals surface area (Å²) in [6.45, 7) is -0.186. The zero-order chi connectivity index (χ0) is 19.7. The Bertz CT molecular complexity index is 1130. The third-order valence-corrected chi connectivity index (χ3v) is 3.64. The minimum Gasteiger partial charge on any atom is -0.360 e. The van der Waals surface area contributed by atoms with Crippen molar-refractivity contribution in [3.8, 4) is 11.3 Å². The lowest BCUT2D eigenvalue weighted by Gasteiger charge is -2.07. The molecule has 12 heteroatoms. The van der Waals surface area contributed by atoms with Crippen LogP contribution >= 0.6 is 0 Å². The van der Waals surface area contributed by atoms with Crippen LogP contribution in [0, 0.1) is 5.82 Å². The molecule has 0 radical (unpaired) electrons. The van der Waals surface area contributed by atoms with E-state index in [4.69, 9.17) is 0 Å². The molecule has 4 aromatic rings. The van der Waals surface area contributed by atoms with Crippen molar-refractivity contribution in [2.45, 2.75) is 12.7 Å². The van der Waals surface area contributed by atoms with Gasteiger partial charge in [-0.15, -0.1) is 0 Å². The molecule has 0 spiro atoms. The van der Waals surface area contributed by atoms with Crippen molar-refractivity contribution in [2.24, 2.45) is 0 Å². The Labute approximate surface area is 153 Å². The van der Waals surface area contributed by atoms with Crippen molar-refractivity contribution in [1.29, 1.82) is 0 Å². The highest BCUT2D eigenvalue weighted by Crippen LogP contribution is 2.27. The molecule has 0 aliphatic rings. The molecule has 142 valence electrons. The first-order valence-corrected chi connectivity index (χ1v) is 7.76. The molecule has 4 aromatic heterocycles. The van der Waals surface area contributed by atoms with Gasteiger partial charge < -0.3 is 9.84 Å². The van der Waals surface area contributed by atoms with E-state index in [2.05, 4.69) is 39.9 Å². The normalized spacial score (nSPS) is 11.7. The van der Waals surface area contributed by atoms with Crippen LogP contribution < -0.4 is 5.32 Å². The molecule has 0 aliphatic heterocycles. The van der Waals surface area contributed by atoms with Crippen LogP contribution in [-0.2, 0) is 12.7 Å². The van der Waals surface area contributed by atoms with Crippen LogP contribution in [0.2, 0.25) is 0 Å². The highest BCUT2D eigenvalue weighted by molar-refractivity contribution is 5.89. The van der Waals surface area contributed by atoms with Crippen molar-refractivity contribution in [3.63, 3.8) is 0 Å². The third kappa shape index (κ3) is 3.56. The fourth-order valence-electron chi connectivity index (χ4n) is 2.37. The predicted octanol–water partition coefficient (Wildman–Crippen LogP) is 3.24. The zero-order valence-electron chi connectivity index (χ0n) is 13.8. The van der Waals surface area contributed by atoms with Crippen molar-refractivity contribution in [3.05, 3.63) is 54.5 Å². The third-order valence-electron chi connectivity index (χ3n) is 3.64. The average molecular weight is 391 g/mol. The Hall–Kier alpha value is -3.70. The van der Waals surface area contributed by atoms with Gasteiger partial charge in [0.1, 0.15) is 18.0 Å². The molecule has 4 heterocycles. The van der Waals surface area contributed by atoms with Crippen LogP contribution in [0.3, 0.4) is 0 Å². The van der Waals surface area contributed by atoms with E-state index in [1.54, 1.807) is 6.07 Å². The standard InChI is InChI=1S/C16H9F4N7O/c17-9-1-2-11(21-5-9)8-3-10-13(22-4-8)24-7-25-14(10)23-6-12-26-15(27-28-12)16(18,19)20/h1-5,7H,6H2,(H,22,23,24,25). The summed E-state index contributed by atoms with van der Waals surface area (Å²) in [5.41, 5.74) is 1.42. The van der Waals surface area contributed by atoms with E-state index in [1.807, 2.05) is 0 Å². The van der Waals surface area contributed by atoms with Gasteiger partial charge in [-0.05, 0) is 18.2 Å². The number of nitrogens with zero attached hydrogens (tertiary/aromatic N) is 6. The Kier molecular flexibility index (Phi) is 4.29. The first-order chi connectivity index (χ1) is 13.4. The van der Waals surface area contributed by atoms with Crippen LogP contribution in [0.25, 0.3) is 22.3 Å². The summed E-state index contributed by atoms with van der Waals surface area (Å²) < 4.78 is 55.3. The number of pyridine rings is 2. The number of halogens is 4. The number of nitrogens with one attached hydrogen (secondary N) is 1. The number of alkyl halides is 3. The summed E-state index contributed by atoms with van der Waals surface area (Å²) in [5.74, 6) is -1.79.